The van der Waals surface area contributed by atoms with E-state index in [2.05, 4.69) is 4.98 Å². The van der Waals surface area contributed by atoms with E-state index in [9.17, 15) is 4.79 Å². The van der Waals surface area contributed by atoms with Gasteiger partial charge in [0.1, 0.15) is 0 Å². The molecule has 0 saturated heterocycles. The summed E-state index contributed by atoms with van der Waals surface area (Å²) in [6.45, 7) is 0. The molecule has 106 valence electrons. The van der Waals surface area contributed by atoms with Gasteiger partial charge in [-0.15, -0.1) is 0 Å². The third-order valence-electron chi connectivity index (χ3n) is 3.17. The fourth-order valence-corrected chi connectivity index (χ4v) is 3.39. The highest BCUT2D eigenvalue weighted by molar-refractivity contribution is 6.40. The number of benzene rings is 2. The summed E-state index contributed by atoms with van der Waals surface area (Å²) >= 11 is 24.3. The van der Waals surface area contributed by atoms with Crippen molar-refractivity contribution in [2.24, 2.45) is 0 Å². The van der Waals surface area contributed by atoms with Gasteiger partial charge in [0.15, 0.2) is 6.29 Å². The number of carbonyl (C=O) groups excluding carboxylic acids is 1. The molecule has 0 fully saturated rings. The van der Waals surface area contributed by atoms with Gasteiger partial charge >= 0.3 is 0 Å². The number of H-pyrrole nitrogens is 1. The molecule has 0 aliphatic heterocycles. The number of hydrogen-bond donors (Lipinski definition) is 1. The Kier molecular flexibility index (Phi) is 3.89. The molecule has 0 spiro atoms. The molecule has 1 N–H and O–H groups in total. The average molecular weight is 359 g/mol. The molecule has 0 aliphatic rings. The largest absolute Gasteiger partial charge is 0.354 e. The molecule has 0 radical (unpaired) electrons. The van der Waals surface area contributed by atoms with Crippen molar-refractivity contribution in [3.8, 4) is 11.3 Å². The van der Waals surface area contributed by atoms with Crippen LogP contribution < -0.4 is 0 Å². The van der Waals surface area contributed by atoms with Crippen molar-refractivity contribution >= 4 is 63.6 Å². The number of aromatic nitrogens is 1. The van der Waals surface area contributed by atoms with Crippen molar-refractivity contribution in [1.82, 2.24) is 4.98 Å². The lowest BCUT2D eigenvalue weighted by molar-refractivity contribution is 0.112. The standard InChI is InChI=1S/C15H7Cl4NO/c16-7-1-2-9(11(18)3-7)15-10(6-21)14-12(19)4-8(17)5-13(14)20-15/h1-6,20H. The molecule has 0 amide bonds. The summed E-state index contributed by atoms with van der Waals surface area (Å²) in [5.41, 5.74) is 2.38. The molecule has 3 aromatic rings. The molecule has 0 saturated carbocycles. The molecular weight excluding hydrogens is 352 g/mol. The van der Waals surface area contributed by atoms with Crippen LogP contribution in [0.2, 0.25) is 20.1 Å². The van der Waals surface area contributed by atoms with Gasteiger partial charge in [0.2, 0.25) is 0 Å². The molecule has 6 heteroatoms. The van der Waals surface area contributed by atoms with Crippen LogP contribution in [0.3, 0.4) is 0 Å². The van der Waals surface area contributed by atoms with Crippen LogP contribution in [0, 0.1) is 0 Å². The predicted molar refractivity (Wildman–Crippen MR) is 89.2 cm³/mol. The van der Waals surface area contributed by atoms with E-state index < -0.39 is 0 Å². The lowest BCUT2D eigenvalue weighted by Gasteiger charge is -2.03. The molecule has 2 nitrogen and oxygen atoms in total. The van der Waals surface area contributed by atoms with Crippen molar-refractivity contribution in [2.45, 2.75) is 0 Å². The Labute approximate surface area is 140 Å². The Morgan fingerprint density at radius 3 is 2.29 bits per heavy atom. The second kappa shape index (κ2) is 5.54. The first-order valence-corrected chi connectivity index (χ1v) is 7.43. The lowest BCUT2D eigenvalue weighted by Crippen LogP contribution is -1.86. The molecule has 0 bridgehead atoms. The predicted octanol–water partition coefficient (Wildman–Crippen LogP) is 6.26. The molecule has 3 rings (SSSR count). The minimum atomic E-state index is 0.409. The van der Waals surface area contributed by atoms with Crippen molar-refractivity contribution < 1.29 is 4.79 Å². The average Bonchev–Trinajstić information content (AvgIpc) is 2.76. The zero-order valence-corrected chi connectivity index (χ0v) is 13.4. The van der Waals surface area contributed by atoms with Gasteiger partial charge < -0.3 is 4.98 Å². The van der Waals surface area contributed by atoms with Crippen LogP contribution >= 0.6 is 46.4 Å². The fraction of sp³-hybridized carbons (Fsp3) is 0. The maximum Gasteiger partial charge on any atom is 0.152 e. The molecule has 0 aliphatic carbocycles. The summed E-state index contributed by atoms with van der Waals surface area (Å²) in [6.07, 6.45) is 0.749. The first-order chi connectivity index (χ1) is 10.0. The van der Waals surface area contributed by atoms with E-state index in [1.54, 1.807) is 30.3 Å². The third kappa shape index (κ3) is 2.53. The van der Waals surface area contributed by atoms with Crippen molar-refractivity contribution in [2.75, 3.05) is 0 Å². The molecule has 2 aromatic carbocycles. The van der Waals surface area contributed by atoms with Gasteiger partial charge in [-0.2, -0.15) is 0 Å². The molecule has 0 atom stereocenters. The number of hydrogen-bond acceptors (Lipinski definition) is 1. The van der Waals surface area contributed by atoms with Crippen LogP contribution in [0.15, 0.2) is 30.3 Å². The number of rotatable bonds is 2. The van der Waals surface area contributed by atoms with E-state index in [1.807, 2.05) is 0 Å². The van der Waals surface area contributed by atoms with Gasteiger partial charge in [-0.1, -0.05) is 46.4 Å². The second-order valence-electron chi connectivity index (χ2n) is 4.47. The highest BCUT2D eigenvalue weighted by Gasteiger charge is 2.17. The summed E-state index contributed by atoms with van der Waals surface area (Å²) in [5.74, 6) is 0. The van der Waals surface area contributed by atoms with Crippen LogP contribution in [-0.4, -0.2) is 11.3 Å². The van der Waals surface area contributed by atoms with Crippen molar-refractivity contribution in [1.29, 1.82) is 0 Å². The molecule has 1 aromatic heterocycles. The van der Waals surface area contributed by atoms with Crippen LogP contribution in [0.25, 0.3) is 22.2 Å². The van der Waals surface area contributed by atoms with E-state index in [-0.39, 0.29) is 0 Å². The van der Waals surface area contributed by atoms with E-state index in [0.717, 1.165) is 6.29 Å². The van der Waals surface area contributed by atoms with E-state index >= 15 is 0 Å². The monoisotopic (exact) mass is 357 g/mol. The normalized spacial score (nSPS) is 11.0. The topological polar surface area (TPSA) is 32.9 Å². The van der Waals surface area contributed by atoms with Crippen molar-refractivity contribution in [3.63, 3.8) is 0 Å². The maximum atomic E-state index is 11.5. The number of aldehydes is 1. The quantitative estimate of drug-likeness (QED) is 0.538. The highest BCUT2D eigenvalue weighted by Crippen LogP contribution is 2.38. The van der Waals surface area contributed by atoms with E-state index in [1.165, 1.54) is 0 Å². The summed E-state index contributed by atoms with van der Waals surface area (Å²) < 4.78 is 0. The van der Waals surface area contributed by atoms with Crippen LogP contribution in [0.4, 0.5) is 0 Å². The van der Waals surface area contributed by atoms with Gasteiger partial charge in [0.25, 0.3) is 0 Å². The lowest BCUT2D eigenvalue weighted by atomic mass is 10.1. The van der Waals surface area contributed by atoms with Crippen LogP contribution in [0.1, 0.15) is 10.4 Å². The zero-order valence-electron chi connectivity index (χ0n) is 10.4. The molecule has 21 heavy (non-hydrogen) atoms. The van der Waals surface area contributed by atoms with Gasteiger partial charge in [-0.25, -0.2) is 0 Å². The van der Waals surface area contributed by atoms with Gasteiger partial charge in [-0.05, 0) is 30.3 Å². The summed E-state index contributed by atoms with van der Waals surface area (Å²) in [7, 11) is 0. The number of nitrogens with one attached hydrogen (secondary N) is 1. The zero-order chi connectivity index (χ0) is 15.1. The summed E-state index contributed by atoms with van der Waals surface area (Å²) in [4.78, 5) is 14.7. The number of fused-ring (bicyclic) bond motifs is 1. The molecular formula is C15H7Cl4NO. The fourth-order valence-electron chi connectivity index (χ4n) is 2.30. The summed E-state index contributed by atoms with van der Waals surface area (Å²) in [5, 5.41) is 2.48. The Morgan fingerprint density at radius 1 is 0.905 bits per heavy atom. The summed E-state index contributed by atoms with van der Waals surface area (Å²) in [6, 6.07) is 8.38. The SMILES string of the molecule is O=Cc1c(-c2ccc(Cl)cc2Cl)[nH]c2cc(Cl)cc(Cl)c12. The first kappa shape index (κ1) is 14.7. The second-order valence-corrected chi connectivity index (χ2v) is 6.15. The molecule has 0 unspecified atom stereocenters. The smallest absolute Gasteiger partial charge is 0.152 e. The van der Waals surface area contributed by atoms with E-state index in [4.69, 9.17) is 46.4 Å². The number of carbonyl (C=O) groups is 1. The maximum absolute atomic E-state index is 11.5. The van der Waals surface area contributed by atoms with Crippen molar-refractivity contribution in [3.05, 3.63) is 56.0 Å². The third-order valence-corrected chi connectivity index (χ3v) is 4.24. The van der Waals surface area contributed by atoms with Crippen LogP contribution in [-0.2, 0) is 0 Å². The molecule has 1 heterocycles. The Morgan fingerprint density at radius 2 is 1.62 bits per heavy atom. The Bertz CT molecular complexity index is 870. The van der Waals surface area contributed by atoms with Gasteiger partial charge in [0.05, 0.1) is 15.7 Å². The van der Waals surface area contributed by atoms with E-state index in [0.29, 0.717) is 47.8 Å². The first-order valence-electron chi connectivity index (χ1n) is 5.92. The minimum absolute atomic E-state index is 0.409. The minimum Gasteiger partial charge on any atom is -0.354 e. The van der Waals surface area contributed by atoms with Gasteiger partial charge in [-0.3, -0.25) is 4.79 Å². The highest BCUT2D eigenvalue weighted by atomic mass is 35.5. The Hall–Kier alpha value is -1.19. The van der Waals surface area contributed by atoms with Crippen LogP contribution in [0.5, 0.6) is 0 Å². The Balaban J connectivity index is 2.37. The number of halogens is 4. The van der Waals surface area contributed by atoms with Gasteiger partial charge in [0, 0.05) is 32.1 Å². The number of aromatic amines is 1.